The van der Waals surface area contributed by atoms with E-state index in [1.807, 2.05) is 39.9 Å². The van der Waals surface area contributed by atoms with Crippen LogP contribution in [0.5, 0.6) is 0 Å². The Morgan fingerprint density at radius 2 is 1.71 bits per heavy atom. The van der Waals surface area contributed by atoms with Crippen LogP contribution in [0.15, 0.2) is 56.4 Å². The lowest BCUT2D eigenvalue weighted by Gasteiger charge is -2.21. The van der Waals surface area contributed by atoms with Crippen LogP contribution in [0.1, 0.15) is 20.1 Å². The van der Waals surface area contributed by atoms with Crippen molar-refractivity contribution < 1.29 is 9.21 Å². The molecule has 0 aliphatic carbocycles. The molecule has 0 saturated carbocycles. The first-order valence-corrected chi connectivity index (χ1v) is 8.86. The summed E-state index contributed by atoms with van der Waals surface area (Å²) in [5.74, 6) is -0.0302. The fraction of sp³-hybridized carbons (Fsp3) is 0.133. The van der Waals surface area contributed by atoms with Crippen LogP contribution in [-0.2, 0) is 13.1 Å². The fourth-order valence-corrected chi connectivity index (χ4v) is 3.85. The smallest absolute Gasteiger partial charge is 0.258 e. The van der Waals surface area contributed by atoms with Crippen LogP contribution >= 0.6 is 38.6 Å². The molecule has 21 heavy (non-hydrogen) atoms. The highest BCUT2D eigenvalue weighted by Gasteiger charge is 2.21. The van der Waals surface area contributed by atoms with Crippen molar-refractivity contribution in [3.63, 3.8) is 0 Å². The van der Waals surface area contributed by atoms with E-state index < -0.39 is 0 Å². The highest BCUT2D eigenvalue weighted by molar-refractivity contribution is 9.10. The topological polar surface area (TPSA) is 33.5 Å². The number of amides is 1. The molecule has 108 valence electrons. The molecule has 0 aromatic carbocycles. The van der Waals surface area contributed by atoms with Crippen molar-refractivity contribution in [1.82, 2.24) is 4.90 Å². The van der Waals surface area contributed by atoms with E-state index in [9.17, 15) is 4.79 Å². The van der Waals surface area contributed by atoms with Gasteiger partial charge >= 0.3 is 0 Å². The quantitative estimate of drug-likeness (QED) is 0.622. The van der Waals surface area contributed by atoms with Crippen molar-refractivity contribution in [2.75, 3.05) is 0 Å². The van der Waals surface area contributed by atoms with Crippen LogP contribution in [0.4, 0.5) is 0 Å². The van der Waals surface area contributed by atoms with Crippen LogP contribution in [0.25, 0.3) is 0 Å². The van der Waals surface area contributed by atoms with E-state index in [4.69, 9.17) is 4.42 Å². The van der Waals surface area contributed by atoms with Gasteiger partial charge in [-0.3, -0.25) is 4.79 Å². The van der Waals surface area contributed by atoms with Gasteiger partial charge < -0.3 is 9.32 Å². The fourth-order valence-electron chi connectivity index (χ4n) is 2.00. The Bertz CT molecular complexity index is 668. The van der Waals surface area contributed by atoms with E-state index in [1.165, 1.54) is 16.0 Å². The number of hydrogen-bond donors (Lipinski definition) is 0. The number of halogens is 1. The minimum atomic E-state index is -0.0302. The SMILES string of the molecule is O=C(c1ccoc1Br)N(Cc1cccs1)Cc1cccs1. The normalized spacial score (nSPS) is 10.7. The third kappa shape index (κ3) is 3.45. The molecule has 0 bridgehead atoms. The molecular formula is C15H12BrNO2S2. The van der Waals surface area contributed by atoms with E-state index >= 15 is 0 Å². The third-order valence-corrected chi connectivity index (χ3v) is 5.33. The first-order valence-electron chi connectivity index (χ1n) is 6.31. The maximum atomic E-state index is 12.7. The third-order valence-electron chi connectivity index (χ3n) is 2.99. The molecule has 0 fully saturated rings. The number of furan rings is 1. The monoisotopic (exact) mass is 381 g/mol. The molecule has 0 radical (unpaired) electrons. The second-order valence-corrected chi connectivity index (χ2v) is 7.21. The van der Waals surface area contributed by atoms with Crippen molar-refractivity contribution in [1.29, 1.82) is 0 Å². The Morgan fingerprint density at radius 1 is 1.10 bits per heavy atom. The minimum absolute atomic E-state index is 0.0302. The molecule has 0 aliphatic rings. The maximum absolute atomic E-state index is 12.7. The molecule has 6 heteroatoms. The second-order valence-electron chi connectivity index (χ2n) is 4.43. The molecule has 0 unspecified atom stereocenters. The summed E-state index contributed by atoms with van der Waals surface area (Å²) >= 11 is 6.60. The van der Waals surface area contributed by atoms with Crippen LogP contribution in [0.3, 0.4) is 0 Å². The van der Waals surface area contributed by atoms with Crippen LogP contribution in [0.2, 0.25) is 0 Å². The van der Waals surface area contributed by atoms with Gasteiger partial charge in [-0.25, -0.2) is 0 Å². The Labute approximate surface area is 139 Å². The summed E-state index contributed by atoms with van der Waals surface area (Å²) in [4.78, 5) is 16.9. The maximum Gasteiger partial charge on any atom is 0.258 e. The largest absolute Gasteiger partial charge is 0.457 e. The molecule has 1 amide bonds. The molecule has 3 heterocycles. The minimum Gasteiger partial charge on any atom is -0.457 e. The van der Waals surface area contributed by atoms with Gasteiger partial charge in [-0.2, -0.15) is 0 Å². The summed E-state index contributed by atoms with van der Waals surface area (Å²) < 4.78 is 5.66. The Morgan fingerprint density at radius 3 is 2.14 bits per heavy atom. The van der Waals surface area contributed by atoms with Crippen LogP contribution in [0, 0.1) is 0 Å². The summed E-state index contributed by atoms with van der Waals surface area (Å²) in [6.45, 7) is 1.21. The second kappa shape index (κ2) is 6.60. The average molecular weight is 382 g/mol. The zero-order valence-electron chi connectivity index (χ0n) is 11.0. The van der Waals surface area contributed by atoms with Gasteiger partial charge in [-0.05, 0) is 44.9 Å². The van der Waals surface area contributed by atoms with Gasteiger partial charge in [0.05, 0.1) is 24.9 Å². The molecule has 0 spiro atoms. The van der Waals surface area contributed by atoms with Gasteiger partial charge in [0.25, 0.3) is 5.91 Å². The Hall–Kier alpha value is -1.37. The van der Waals surface area contributed by atoms with Crippen LogP contribution in [-0.4, -0.2) is 10.8 Å². The number of carbonyl (C=O) groups excluding carboxylic acids is 1. The molecule has 3 rings (SSSR count). The summed E-state index contributed by atoms with van der Waals surface area (Å²) in [5.41, 5.74) is 0.558. The zero-order chi connectivity index (χ0) is 14.7. The lowest BCUT2D eigenvalue weighted by molar-refractivity contribution is 0.0731. The molecule has 0 saturated heterocycles. The zero-order valence-corrected chi connectivity index (χ0v) is 14.2. The van der Waals surface area contributed by atoms with Crippen molar-refractivity contribution in [3.8, 4) is 0 Å². The summed E-state index contributed by atoms with van der Waals surface area (Å²) in [6.07, 6.45) is 1.52. The summed E-state index contributed by atoms with van der Waals surface area (Å²) in [7, 11) is 0. The van der Waals surface area contributed by atoms with Gasteiger partial charge in [-0.1, -0.05) is 12.1 Å². The molecule has 0 N–H and O–H groups in total. The molecular weight excluding hydrogens is 370 g/mol. The number of thiophene rings is 2. The molecule has 0 atom stereocenters. The highest BCUT2D eigenvalue weighted by Crippen LogP contribution is 2.23. The predicted molar refractivity (Wildman–Crippen MR) is 88.6 cm³/mol. The number of rotatable bonds is 5. The first-order chi connectivity index (χ1) is 10.2. The lowest BCUT2D eigenvalue weighted by Crippen LogP contribution is -2.29. The average Bonchev–Trinajstić information content (AvgIpc) is 3.19. The summed E-state index contributed by atoms with van der Waals surface area (Å²) in [5, 5.41) is 4.05. The van der Waals surface area contributed by atoms with E-state index in [-0.39, 0.29) is 5.91 Å². The predicted octanol–water partition coefficient (Wildman–Crippen LogP) is 5.01. The molecule has 3 aromatic heterocycles. The first kappa shape index (κ1) is 14.6. The van der Waals surface area contributed by atoms with E-state index in [1.54, 1.807) is 28.7 Å². The molecule has 0 aliphatic heterocycles. The Kier molecular flexibility index (Phi) is 4.57. The van der Waals surface area contributed by atoms with E-state index in [0.717, 1.165) is 0 Å². The molecule has 3 nitrogen and oxygen atoms in total. The van der Waals surface area contributed by atoms with Gasteiger partial charge in [-0.15, -0.1) is 22.7 Å². The lowest BCUT2D eigenvalue weighted by atomic mass is 10.2. The van der Waals surface area contributed by atoms with Gasteiger partial charge in [0, 0.05) is 9.75 Å². The van der Waals surface area contributed by atoms with Gasteiger partial charge in [0.1, 0.15) is 0 Å². The van der Waals surface area contributed by atoms with Crippen molar-refractivity contribution in [2.24, 2.45) is 0 Å². The highest BCUT2D eigenvalue weighted by atomic mass is 79.9. The van der Waals surface area contributed by atoms with Gasteiger partial charge in [0.2, 0.25) is 0 Å². The number of carbonyl (C=O) groups is 1. The van der Waals surface area contributed by atoms with Crippen molar-refractivity contribution in [3.05, 3.63) is 67.3 Å². The number of hydrogen-bond acceptors (Lipinski definition) is 4. The molecule has 3 aromatic rings. The van der Waals surface area contributed by atoms with Crippen molar-refractivity contribution >= 4 is 44.5 Å². The van der Waals surface area contributed by atoms with Crippen LogP contribution < -0.4 is 0 Å². The standard InChI is InChI=1S/C15H12BrNO2S2/c16-14-13(5-6-19-14)15(18)17(9-11-3-1-7-20-11)10-12-4-2-8-21-12/h1-8H,9-10H2. The van der Waals surface area contributed by atoms with Gasteiger partial charge in [0.15, 0.2) is 4.67 Å². The Balaban J connectivity index is 1.84. The van der Waals surface area contributed by atoms with E-state index in [2.05, 4.69) is 15.9 Å². The summed E-state index contributed by atoms with van der Waals surface area (Å²) in [6, 6.07) is 9.79. The number of nitrogens with zero attached hydrogens (tertiary/aromatic N) is 1. The van der Waals surface area contributed by atoms with Crippen molar-refractivity contribution in [2.45, 2.75) is 13.1 Å². The van der Waals surface area contributed by atoms with E-state index in [0.29, 0.717) is 23.3 Å².